The molecule has 0 radical (unpaired) electrons. The van der Waals surface area contributed by atoms with E-state index in [0.29, 0.717) is 5.69 Å². The first kappa shape index (κ1) is 11.6. The molecule has 2 atom stereocenters. The van der Waals surface area contributed by atoms with Crippen LogP contribution in [0.15, 0.2) is 6.20 Å². The highest BCUT2D eigenvalue weighted by atomic mass is 16.2. The molecule has 17 heavy (non-hydrogen) atoms. The van der Waals surface area contributed by atoms with Gasteiger partial charge >= 0.3 is 0 Å². The maximum atomic E-state index is 12.1. The maximum absolute atomic E-state index is 12.1. The van der Waals surface area contributed by atoms with E-state index < -0.39 is 12.1 Å². The van der Waals surface area contributed by atoms with Gasteiger partial charge in [-0.3, -0.25) is 19.2 Å². The third-order valence-corrected chi connectivity index (χ3v) is 2.98. The maximum Gasteiger partial charge on any atom is 0.250 e. The Bertz CT molecular complexity index is 480. The molecule has 1 fully saturated rings. The van der Waals surface area contributed by atoms with Crippen molar-refractivity contribution in [2.75, 3.05) is 4.90 Å². The average molecular weight is 236 g/mol. The van der Waals surface area contributed by atoms with E-state index >= 15 is 0 Å². The average Bonchev–Trinajstić information content (AvgIpc) is 2.56. The number of carbonyl (C=O) groups is 2. The predicted octanol–water partition coefficient (Wildman–Crippen LogP) is -0.0317. The third-order valence-electron chi connectivity index (χ3n) is 2.98. The quantitative estimate of drug-likeness (QED) is 0.744. The summed E-state index contributed by atoms with van der Waals surface area (Å²) in [4.78, 5) is 25.4. The molecule has 0 saturated carbocycles. The fourth-order valence-electron chi connectivity index (χ4n) is 2.06. The number of hydrogen-bond acceptors (Lipinski definition) is 3. The van der Waals surface area contributed by atoms with Crippen LogP contribution in [-0.4, -0.2) is 33.7 Å². The van der Waals surface area contributed by atoms with Crippen LogP contribution in [0.4, 0.5) is 5.69 Å². The van der Waals surface area contributed by atoms with Gasteiger partial charge in [0.1, 0.15) is 12.1 Å². The van der Waals surface area contributed by atoms with Crippen LogP contribution in [0.25, 0.3) is 0 Å². The zero-order valence-electron chi connectivity index (χ0n) is 10.4. The lowest BCUT2D eigenvalue weighted by Gasteiger charge is -2.35. The number of aromatic nitrogens is 2. The fraction of sp³-hybridized carbons (Fsp3) is 0.545. The molecule has 2 heterocycles. The van der Waals surface area contributed by atoms with Gasteiger partial charge in [-0.2, -0.15) is 5.10 Å². The van der Waals surface area contributed by atoms with Gasteiger partial charge in [0.25, 0.3) is 0 Å². The summed E-state index contributed by atoms with van der Waals surface area (Å²) in [6.07, 6.45) is 1.76. The van der Waals surface area contributed by atoms with Crippen molar-refractivity contribution in [3.63, 3.8) is 0 Å². The van der Waals surface area contributed by atoms with Crippen LogP contribution < -0.4 is 10.2 Å². The van der Waals surface area contributed by atoms with Crippen LogP contribution in [0, 0.1) is 6.92 Å². The predicted molar refractivity (Wildman–Crippen MR) is 62.5 cm³/mol. The second-order valence-corrected chi connectivity index (χ2v) is 4.39. The summed E-state index contributed by atoms with van der Waals surface area (Å²) in [5.41, 5.74) is 1.45. The van der Waals surface area contributed by atoms with Crippen LogP contribution in [0.5, 0.6) is 0 Å². The molecule has 0 aliphatic carbocycles. The van der Waals surface area contributed by atoms with Gasteiger partial charge in [0.05, 0.1) is 11.4 Å². The molecule has 92 valence electrons. The number of amides is 2. The van der Waals surface area contributed by atoms with Crippen molar-refractivity contribution in [1.82, 2.24) is 15.1 Å². The highest BCUT2D eigenvalue weighted by Gasteiger charge is 2.37. The molecule has 6 heteroatoms. The van der Waals surface area contributed by atoms with Crippen LogP contribution in [-0.2, 0) is 16.6 Å². The number of nitrogens with one attached hydrogen (secondary N) is 1. The van der Waals surface area contributed by atoms with Gasteiger partial charge in [-0.15, -0.1) is 0 Å². The van der Waals surface area contributed by atoms with Gasteiger partial charge in [-0.1, -0.05) is 0 Å². The molecule has 2 rings (SSSR count). The second-order valence-electron chi connectivity index (χ2n) is 4.39. The first-order valence-electron chi connectivity index (χ1n) is 5.55. The topological polar surface area (TPSA) is 67.2 Å². The Morgan fingerprint density at radius 1 is 1.35 bits per heavy atom. The SMILES string of the molecule is Cc1nn(C)cc1N1C(=O)C(C)NC(=O)C1C. The summed E-state index contributed by atoms with van der Waals surface area (Å²) < 4.78 is 1.64. The minimum atomic E-state index is -0.499. The van der Waals surface area contributed by atoms with E-state index in [1.54, 1.807) is 31.8 Å². The highest BCUT2D eigenvalue weighted by molar-refractivity contribution is 6.08. The van der Waals surface area contributed by atoms with Crippen LogP contribution in [0.1, 0.15) is 19.5 Å². The Labute approximate surface area is 99.6 Å². The highest BCUT2D eigenvalue weighted by Crippen LogP contribution is 2.23. The lowest BCUT2D eigenvalue weighted by Crippen LogP contribution is -2.61. The third kappa shape index (κ3) is 1.79. The summed E-state index contributed by atoms with van der Waals surface area (Å²) in [5, 5.41) is 6.84. The molecule has 6 nitrogen and oxygen atoms in total. The van der Waals surface area contributed by atoms with Gasteiger partial charge in [-0.05, 0) is 20.8 Å². The number of anilines is 1. The van der Waals surface area contributed by atoms with E-state index in [2.05, 4.69) is 10.4 Å². The number of nitrogens with zero attached hydrogens (tertiary/aromatic N) is 3. The molecule has 0 aromatic carbocycles. The van der Waals surface area contributed by atoms with Crippen LogP contribution in [0.2, 0.25) is 0 Å². The Balaban J connectivity index is 2.44. The van der Waals surface area contributed by atoms with E-state index in [1.165, 1.54) is 4.90 Å². The molecular weight excluding hydrogens is 220 g/mol. The van der Waals surface area contributed by atoms with Gasteiger partial charge < -0.3 is 5.32 Å². The van der Waals surface area contributed by atoms with Gasteiger partial charge in [-0.25, -0.2) is 0 Å². The monoisotopic (exact) mass is 236 g/mol. The summed E-state index contributed by atoms with van der Waals surface area (Å²) in [6, 6.07) is -0.986. The molecule has 1 aliphatic rings. The van der Waals surface area contributed by atoms with Crippen LogP contribution in [0.3, 0.4) is 0 Å². The Hall–Kier alpha value is -1.85. The number of hydrogen-bond donors (Lipinski definition) is 1. The number of piperazine rings is 1. The summed E-state index contributed by atoms with van der Waals surface area (Å²) in [5.74, 6) is -0.242. The van der Waals surface area contributed by atoms with E-state index in [9.17, 15) is 9.59 Å². The van der Waals surface area contributed by atoms with Crippen molar-refractivity contribution in [2.24, 2.45) is 7.05 Å². The Kier molecular flexibility index (Phi) is 2.65. The number of rotatable bonds is 1. The Morgan fingerprint density at radius 3 is 2.53 bits per heavy atom. The van der Waals surface area contributed by atoms with Crippen molar-refractivity contribution >= 4 is 17.5 Å². The largest absolute Gasteiger partial charge is 0.343 e. The van der Waals surface area contributed by atoms with E-state index in [-0.39, 0.29) is 11.8 Å². The lowest BCUT2D eigenvalue weighted by atomic mass is 10.1. The van der Waals surface area contributed by atoms with Crippen molar-refractivity contribution in [3.05, 3.63) is 11.9 Å². The lowest BCUT2D eigenvalue weighted by molar-refractivity contribution is -0.133. The fourth-order valence-corrected chi connectivity index (χ4v) is 2.06. The summed E-state index contributed by atoms with van der Waals surface area (Å²) >= 11 is 0. The summed E-state index contributed by atoms with van der Waals surface area (Å²) in [7, 11) is 1.79. The molecular formula is C11H16N4O2. The van der Waals surface area contributed by atoms with E-state index in [1.807, 2.05) is 6.92 Å². The van der Waals surface area contributed by atoms with E-state index in [0.717, 1.165) is 5.69 Å². The Morgan fingerprint density at radius 2 is 2.00 bits per heavy atom. The smallest absolute Gasteiger partial charge is 0.250 e. The first-order valence-corrected chi connectivity index (χ1v) is 5.55. The summed E-state index contributed by atoms with van der Waals surface area (Å²) in [6.45, 7) is 5.23. The van der Waals surface area contributed by atoms with E-state index in [4.69, 9.17) is 0 Å². The minimum absolute atomic E-state index is 0.104. The van der Waals surface area contributed by atoms with Gasteiger partial charge in [0.15, 0.2) is 0 Å². The van der Waals surface area contributed by atoms with Crippen molar-refractivity contribution in [3.8, 4) is 0 Å². The second kappa shape index (κ2) is 3.87. The van der Waals surface area contributed by atoms with Gasteiger partial charge in [0, 0.05) is 13.2 Å². The number of carbonyl (C=O) groups excluding carboxylic acids is 2. The van der Waals surface area contributed by atoms with Crippen molar-refractivity contribution in [2.45, 2.75) is 32.9 Å². The first-order chi connectivity index (χ1) is 7.91. The molecule has 1 aliphatic heterocycles. The van der Waals surface area contributed by atoms with Crippen molar-refractivity contribution in [1.29, 1.82) is 0 Å². The molecule has 1 aromatic rings. The molecule has 2 unspecified atom stereocenters. The molecule has 1 N–H and O–H groups in total. The minimum Gasteiger partial charge on any atom is -0.343 e. The molecule has 0 bridgehead atoms. The number of aryl methyl sites for hydroxylation is 2. The zero-order valence-corrected chi connectivity index (χ0v) is 10.4. The molecule has 0 spiro atoms. The molecule has 1 aromatic heterocycles. The molecule has 1 saturated heterocycles. The van der Waals surface area contributed by atoms with Crippen LogP contribution >= 0.6 is 0 Å². The zero-order chi connectivity index (χ0) is 12.7. The van der Waals surface area contributed by atoms with Crippen molar-refractivity contribution < 1.29 is 9.59 Å². The molecule has 2 amide bonds. The standard InChI is InChI=1S/C11H16N4O2/c1-6-9(5-14(4)13-6)15-8(3)10(16)12-7(2)11(15)17/h5,7-8H,1-4H3,(H,12,16). The normalized spacial score (nSPS) is 25.1. The van der Waals surface area contributed by atoms with Gasteiger partial charge in [0.2, 0.25) is 11.8 Å².